The van der Waals surface area contributed by atoms with Gasteiger partial charge in [0.1, 0.15) is 5.82 Å². The zero-order valence-electron chi connectivity index (χ0n) is 20.3. The highest BCUT2D eigenvalue weighted by Crippen LogP contribution is 2.31. The maximum atomic E-state index is 6.54. The van der Waals surface area contributed by atoms with Crippen LogP contribution in [-0.2, 0) is 19.6 Å². The second-order valence-corrected chi connectivity index (χ2v) is 9.18. The van der Waals surface area contributed by atoms with E-state index in [1.54, 1.807) is 0 Å². The van der Waals surface area contributed by atoms with E-state index in [2.05, 4.69) is 96.1 Å². The van der Waals surface area contributed by atoms with Crippen LogP contribution in [0.25, 0.3) is 22.6 Å². The number of aromatic nitrogens is 2. The fourth-order valence-electron chi connectivity index (χ4n) is 4.45. The Balaban J connectivity index is 1.80. The van der Waals surface area contributed by atoms with Crippen molar-refractivity contribution in [1.82, 2.24) is 14.5 Å². The molecule has 1 aromatic heterocycles. The van der Waals surface area contributed by atoms with Gasteiger partial charge >= 0.3 is 0 Å². The summed E-state index contributed by atoms with van der Waals surface area (Å²) in [5.74, 6) is 1.05. The molecule has 3 nitrogen and oxygen atoms in total. The first-order valence-electron chi connectivity index (χ1n) is 12.4. The Morgan fingerprint density at radius 1 is 0.765 bits per heavy atom. The number of unbranched alkanes of at least 4 members (excludes halogenated alkanes) is 1. The maximum absolute atomic E-state index is 6.54. The molecule has 4 aromatic rings. The monoisotopic (exact) mass is 471 g/mol. The van der Waals surface area contributed by atoms with Gasteiger partial charge in [-0.15, -0.1) is 0 Å². The van der Waals surface area contributed by atoms with E-state index < -0.39 is 0 Å². The minimum absolute atomic E-state index is 0.821. The standard InChI is InChI=1S/C30H34ClN3/c1-3-5-21-34-28(23-33(20-4-2)22-26-18-12-13-19-27(26)31)29(24-14-8-6-9-15-24)32-30(34)25-16-10-7-11-17-25/h6-19H,3-5,20-23H2,1-2H3. The van der Waals surface area contributed by atoms with Crippen LogP contribution in [0, 0.1) is 0 Å². The van der Waals surface area contributed by atoms with E-state index in [1.807, 2.05) is 12.1 Å². The molecule has 3 aromatic carbocycles. The third kappa shape index (κ3) is 5.78. The fourth-order valence-corrected chi connectivity index (χ4v) is 4.64. The van der Waals surface area contributed by atoms with E-state index in [1.165, 1.54) is 16.8 Å². The molecule has 0 atom stereocenters. The van der Waals surface area contributed by atoms with Crippen molar-refractivity contribution in [2.45, 2.75) is 52.7 Å². The van der Waals surface area contributed by atoms with Crippen molar-refractivity contribution in [3.05, 3.63) is 101 Å². The SMILES string of the molecule is CCCCn1c(-c2ccccc2)nc(-c2ccccc2)c1CN(CCC)Cc1ccccc1Cl. The fraction of sp³-hybridized carbons (Fsp3) is 0.300. The van der Waals surface area contributed by atoms with Crippen LogP contribution >= 0.6 is 11.6 Å². The van der Waals surface area contributed by atoms with Gasteiger partial charge < -0.3 is 4.57 Å². The largest absolute Gasteiger partial charge is 0.326 e. The van der Waals surface area contributed by atoms with Gasteiger partial charge in [-0.2, -0.15) is 0 Å². The molecule has 0 saturated heterocycles. The van der Waals surface area contributed by atoms with Crippen LogP contribution in [0.15, 0.2) is 84.9 Å². The predicted molar refractivity (Wildman–Crippen MR) is 144 cm³/mol. The van der Waals surface area contributed by atoms with Gasteiger partial charge in [0, 0.05) is 35.8 Å². The summed E-state index contributed by atoms with van der Waals surface area (Å²) >= 11 is 6.54. The first-order valence-corrected chi connectivity index (χ1v) is 12.7. The Labute approximate surface area is 209 Å². The Kier molecular flexibility index (Phi) is 8.56. The van der Waals surface area contributed by atoms with Crippen molar-refractivity contribution in [1.29, 1.82) is 0 Å². The lowest BCUT2D eigenvalue weighted by molar-refractivity contribution is 0.251. The molecular weight excluding hydrogens is 438 g/mol. The van der Waals surface area contributed by atoms with Crippen molar-refractivity contribution in [2.75, 3.05) is 6.54 Å². The lowest BCUT2D eigenvalue weighted by Gasteiger charge is -2.24. The quantitative estimate of drug-likeness (QED) is 0.220. The van der Waals surface area contributed by atoms with E-state index in [-0.39, 0.29) is 0 Å². The summed E-state index contributed by atoms with van der Waals surface area (Å²) in [6.07, 6.45) is 3.35. The summed E-state index contributed by atoms with van der Waals surface area (Å²) < 4.78 is 2.45. The molecule has 0 aliphatic heterocycles. The summed E-state index contributed by atoms with van der Waals surface area (Å²) in [6, 6.07) is 29.4. The third-order valence-electron chi connectivity index (χ3n) is 6.15. The van der Waals surface area contributed by atoms with Crippen LogP contribution in [-0.4, -0.2) is 21.0 Å². The van der Waals surface area contributed by atoms with Crippen LogP contribution in [0.3, 0.4) is 0 Å². The molecule has 0 aliphatic rings. The number of benzene rings is 3. The number of halogens is 1. The zero-order chi connectivity index (χ0) is 23.8. The van der Waals surface area contributed by atoms with Gasteiger partial charge in [0.15, 0.2) is 0 Å². The van der Waals surface area contributed by atoms with Crippen LogP contribution in [0.2, 0.25) is 5.02 Å². The van der Waals surface area contributed by atoms with Gasteiger partial charge in [-0.25, -0.2) is 4.98 Å². The predicted octanol–water partition coefficient (Wildman–Crippen LogP) is 8.08. The van der Waals surface area contributed by atoms with Gasteiger partial charge in [-0.1, -0.05) is 111 Å². The highest BCUT2D eigenvalue weighted by molar-refractivity contribution is 6.31. The van der Waals surface area contributed by atoms with Crippen LogP contribution in [0.1, 0.15) is 44.4 Å². The van der Waals surface area contributed by atoms with Crippen molar-refractivity contribution in [3.63, 3.8) is 0 Å². The Morgan fingerprint density at radius 2 is 1.41 bits per heavy atom. The van der Waals surface area contributed by atoms with E-state index in [9.17, 15) is 0 Å². The molecule has 0 unspecified atom stereocenters. The van der Waals surface area contributed by atoms with E-state index in [0.717, 1.165) is 67.5 Å². The summed E-state index contributed by atoms with van der Waals surface area (Å²) in [5, 5.41) is 0.830. The Bertz CT molecular complexity index is 1170. The van der Waals surface area contributed by atoms with Gasteiger partial charge in [-0.3, -0.25) is 4.90 Å². The van der Waals surface area contributed by atoms with Crippen molar-refractivity contribution in [3.8, 4) is 22.6 Å². The molecule has 176 valence electrons. The minimum Gasteiger partial charge on any atom is -0.326 e. The summed E-state index contributed by atoms with van der Waals surface area (Å²) in [5.41, 5.74) is 5.85. The van der Waals surface area contributed by atoms with Gasteiger partial charge in [-0.05, 0) is 31.0 Å². The molecule has 0 aliphatic carbocycles. The van der Waals surface area contributed by atoms with E-state index >= 15 is 0 Å². The van der Waals surface area contributed by atoms with Crippen LogP contribution in [0.4, 0.5) is 0 Å². The highest BCUT2D eigenvalue weighted by Gasteiger charge is 2.22. The molecule has 0 radical (unpaired) electrons. The lowest BCUT2D eigenvalue weighted by atomic mass is 10.1. The molecule has 4 heteroatoms. The Hall–Kier alpha value is -2.88. The molecule has 4 rings (SSSR count). The Morgan fingerprint density at radius 3 is 2.06 bits per heavy atom. The number of hydrogen-bond acceptors (Lipinski definition) is 2. The van der Waals surface area contributed by atoms with Crippen molar-refractivity contribution < 1.29 is 0 Å². The second kappa shape index (κ2) is 12.0. The normalized spacial score (nSPS) is 11.3. The third-order valence-corrected chi connectivity index (χ3v) is 6.52. The van der Waals surface area contributed by atoms with Crippen LogP contribution in [0.5, 0.6) is 0 Å². The van der Waals surface area contributed by atoms with Crippen LogP contribution < -0.4 is 0 Å². The number of hydrogen-bond donors (Lipinski definition) is 0. The molecule has 0 bridgehead atoms. The van der Waals surface area contributed by atoms with Gasteiger partial charge in [0.05, 0.1) is 11.4 Å². The average molecular weight is 472 g/mol. The summed E-state index contributed by atoms with van der Waals surface area (Å²) in [4.78, 5) is 7.75. The number of rotatable bonds is 11. The van der Waals surface area contributed by atoms with Gasteiger partial charge in [0.2, 0.25) is 0 Å². The number of imidazole rings is 1. The topological polar surface area (TPSA) is 21.1 Å². The molecule has 0 N–H and O–H groups in total. The molecule has 34 heavy (non-hydrogen) atoms. The van der Waals surface area contributed by atoms with Crippen molar-refractivity contribution >= 4 is 11.6 Å². The average Bonchev–Trinajstić information content (AvgIpc) is 3.23. The zero-order valence-corrected chi connectivity index (χ0v) is 21.0. The maximum Gasteiger partial charge on any atom is 0.140 e. The highest BCUT2D eigenvalue weighted by atomic mass is 35.5. The molecule has 1 heterocycles. The molecule has 0 spiro atoms. The molecular formula is C30H34ClN3. The van der Waals surface area contributed by atoms with E-state index in [0.29, 0.717) is 0 Å². The summed E-state index contributed by atoms with van der Waals surface area (Å²) in [7, 11) is 0. The van der Waals surface area contributed by atoms with Crippen molar-refractivity contribution in [2.24, 2.45) is 0 Å². The first kappa shape index (κ1) is 24.3. The van der Waals surface area contributed by atoms with Gasteiger partial charge in [0.25, 0.3) is 0 Å². The molecule has 0 amide bonds. The van der Waals surface area contributed by atoms with E-state index in [4.69, 9.17) is 16.6 Å². The minimum atomic E-state index is 0.821. The smallest absolute Gasteiger partial charge is 0.140 e. The molecule has 0 fully saturated rings. The summed E-state index contributed by atoms with van der Waals surface area (Å²) in [6.45, 7) is 8.09. The lowest BCUT2D eigenvalue weighted by Crippen LogP contribution is -2.26. The first-order chi connectivity index (χ1) is 16.7. The molecule has 0 saturated carbocycles. The number of nitrogens with zero attached hydrogens (tertiary/aromatic N) is 3. The second-order valence-electron chi connectivity index (χ2n) is 8.77.